The fourth-order valence-corrected chi connectivity index (χ4v) is 9.20. The first-order valence-corrected chi connectivity index (χ1v) is 16.8. The highest BCUT2D eigenvalue weighted by molar-refractivity contribution is 7.10. The van der Waals surface area contributed by atoms with Gasteiger partial charge in [-0.3, -0.25) is 9.59 Å². The Morgan fingerprint density at radius 1 is 1.18 bits per heavy atom. The molecule has 2 saturated heterocycles. The van der Waals surface area contributed by atoms with E-state index in [1.54, 1.807) is 18.3 Å². The second-order valence-electron chi connectivity index (χ2n) is 13.1. The number of amides is 1. The summed E-state index contributed by atoms with van der Waals surface area (Å²) in [5.41, 5.74) is 8.56. The third-order valence-corrected chi connectivity index (χ3v) is 11.2. The number of aromatic nitrogens is 2. The number of rotatable bonds is 5. The van der Waals surface area contributed by atoms with Crippen molar-refractivity contribution in [1.29, 1.82) is 5.26 Å². The molecule has 0 bridgehead atoms. The van der Waals surface area contributed by atoms with Crippen LogP contribution in [0, 0.1) is 11.3 Å². The van der Waals surface area contributed by atoms with Gasteiger partial charge in [-0.2, -0.15) is 10.2 Å². The number of allylic oxidation sites excluding steroid dienone is 1. The molecule has 1 amide bonds. The van der Waals surface area contributed by atoms with Crippen LogP contribution in [-0.4, -0.2) is 82.9 Å². The molecule has 4 atom stereocenters. The molecule has 4 aliphatic rings. The molecule has 3 fully saturated rings. The fourth-order valence-electron chi connectivity index (χ4n) is 8.09. The van der Waals surface area contributed by atoms with Crippen LogP contribution in [0.5, 0.6) is 5.88 Å². The van der Waals surface area contributed by atoms with Gasteiger partial charge in [-0.15, -0.1) is 11.3 Å². The Hall–Kier alpha value is -3.49. The molecule has 0 unspecified atom stereocenters. The minimum absolute atomic E-state index is 0.00194. The van der Waals surface area contributed by atoms with Crippen LogP contribution in [0.2, 0.25) is 0 Å². The van der Waals surface area contributed by atoms with E-state index in [0.29, 0.717) is 66.5 Å². The van der Waals surface area contributed by atoms with Gasteiger partial charge in [0.1, 0.15) is 18.5 Å². The molecule has 2 aromatic heterocycles. The van der Waals surface area contributed by atoms with Crippen molar-refractivity contribution >= 4 is 34.5 Å². The largest absolute Gasteiger partial charge is 0.476 e. The quantitative estimate of drug-likeness (QED) is 0.495. The number of nitrogens with two attached hydrogens (primary N) is 1. The highest BCUT2D eigenvalue weighted by Gasteiger charge is 2.49. The van der Waals surface area contributed by atoms with Gasteiger partial charge in [-0.25, -0.2) is 4.98 Å². The highest BCUT2D eigenvalue weighted by Crippen LogP contribution is 2.50. The average Bonchev–Trinajstić information content (AvgIpc) is 3.62. The van der Waals surface area contributed by atoms with E-state index in [1.165, 1.54) is 0 Å². The molecule has 10 nitrogen and oxygen atoms in total. The molecule has 4 heterocycles. The van der Waals surface area contributed by atoms with Gasteiger partial charge >= 0.3 is 0 Å². The van der Waals surface area contributed by atoms with Crippen LogP contribution in [0.1, 0.15) is 87.5 Å². The van der Waals surface area contributed by atoms with Gasteiger partial charge in [0.05, 0.1) is 16.7 Å². The molecule has 2 N–H and O–H groups in total. The molecule has 2 aromatic rings. The van der Waals surface area contributed by atoms with Crippen molar-refractivity contribution in [3.05, 3.63) is 38.8 Å². The van der Waals surface area contributed by atoms with E-state index in [4.69, 9.17) is 20.4 Å². The van der Waals surface area contributed by atoms with Crippen molar-refractivity contribution in [2.24, 2.45) is 5.73 Å². The van der Waals surface area contributed by atoms with Crippen LogP contribution < -0.4 is 15.4 Å². The molecular weight excluding hydrogens is 574 g/mol. The minimum atomic E-state index is -0.714. The van der Waals surface area contributed by atoms with Crippen LogP contribution in [0.15, 0.2) is 17.0 Å². The topological polar surface area (TPSA) is 129 Å². The lowest BCUT2D eigenvalue weighted by Crippen LogP contribution is -2.58. The SMILES string of the molecule is CC(=O)N1[C@@H](C)CN(c2cc(OC[C@@H]3CCCN3C)nc(/C(N)=C3\CCC[C@@]4(CCCc5scc(C#N)c54)C3=O)n2)C[C@@H]1C. The number of nitrogens with zero attached hydrogens (tertiary/aromatic N) is 6. The summed E-state index contributed by atoms with van der Waals surface area (Å²) in [5, 5.41) is 11.8. The number of anilines is 1. The Bertz CT molecular complexity index is 1520. The number of likely N-dealkylation sites (N-methyl/N-ethyl adjacent to an activating group) is 1. The summed E-state index contributed by atoms with van der Waals surface area (Å²) in [7, 11) is 2.12. The maximum absolute atomic E-state index is 14.5. The molecule has 1 saturated carbocycles. The Balaban J connectivity index is 1.38. The Morgan fingerprint density at radius 2 is 1.91 bits per heavy atom. The van der Waals surface area contributed by atoms with Gasteiger partial charge in [0.25, 0.3) is 0 Å². The summed E-state index contributed by atoms with van der Waals surface area (Å²) >= 11 is 1.59. The van der Waals surface area contributed by atoms with E-state index in [0.717, 1.165) is 61.9 Å². The predicted octanol–water partition coefficient (Wildman–Crippen LogP) is 4.03. The highest BCUT2D eigenvalue weighted by atomic mass is 32.1. The third-order valence-electron chi connectivity index (χ3n) is 10.2. The summed E-state index contributed by atoms with van der Waals surface area (Å²) < 4.78 is 6.30. The van der Waals surface area contributed by atoms with E-state index < -0.39 is 5.41 Å². The molecule has 0 radical (unpaired) electrons. The monoisotopic (exact) mass is 617 g/mol. The lowest BCUT2D eigenvalue weighted by atomic mass is 9.61. The first-order valence-electron chi connectivity index (χ1n) is 15.9. The van der Waals surface area contributed by atoms with Gasteiger partial charge < -0.3 is 25.2 Å². The maximum Gasteiger partial charge on any atom is 0.220 e. The zero-order valence-corrected chi connectivity index (χ0v) is 27.1. The molecule has 234 valence electrons. The smallest absolute Gasteiger partial charge is 0.220 e. The third kappa shape index (κ3) is 5.36. The molecule has 6 rings (SSSR count). The summed E-state index contributed by atoms with van der Waals surface area (Å²) in [6.07, 6.45) is 6.84. The van der Waals surface area contributed by atoms with Crippen molar-refractivity contribution in [3.8, 4) is 11.9 Å². The number of nitriles is 1. The number of piperazine rings is 1. The number of ether oxygens (including phenoxy) is 1. The molecule has 0 aromatic carbocycles. The first kappa shape index (κ1) is 30.5. The maximum atomic E-state index is 14.5. The molecule has 2 aliphatic heterocycles. The number of carbonyl (C=O) groups is 2. The summed E-state index contributed by atoms with van der Waals surface area (Å²) in [6, 6.07) is 4.53. The second kappa shape index (κ2) is 12.1. The number of hydrogen-bond donors (Lipinski definition) is 1. The van der Waals surface area contributed by atoms with Gasteiger partial charge in [0.15, 0.2) is 11.6 Å². The van der Waals surface area contributed by atoms with Crippen LogP contribution >= 0.6 is 11.3 Å². The molecule has 2 aliphatic carbocycles. The lowest BCUT2D eigenvalue weighted by Gasteiger charge is -2.44. The number of aryl methyl sites for hydroxylation is 1. The number of hydrogen-bond acceptors (Lipinski definition) is 10. The van der Waals surface area contributed by atoms with Gasteiger partial charge in [-0.1, -0.05) is 0 Å². The van der Waals surface area contributed by atoms with Crippen molar-refractivity contribution in [2.75, 3.05) is 38.2 Å². The Labute approximate surface area is 263 Å². The summed E-state index contributed by atoms with van der Waals surface area (Å²) in [6.45, 7) is 8.50. The molecular formula is C33H43N7O3S. The van der Waals surface area contributed by atoms with Crippen LogP contribution in [-0.2, 0) is 21.4 Å². The van der Waals surface area contributed by atoms with Gasteiger partial charge in [-0.05, 0) is 84.4 Å². The predicted molar refractivity (Wildman–Crippen MR) is 170 cm³/mol. The van der Waals surface area contributed by atoms with Crippen molar-refractivity contribution in [3.63, 3.8) is 0 Å². The number of ketones is 1. The van der Waals surface area contributed by atoms with Crippen molar-refractivity contribution in [2.45, 2.75) is 95.7 Å². The standard InChI is InChI=1S/C33H43N7O3S/c1-20-16-39(17-21(2)40(20)22(3)41)27-14-28(43-18-24-8-7-13-38(24)4)37-32(36-27)30(35)25-9-5-11-33(31(25)42)12-6-10-26-29(33)23(15-34)19-44-26/h14,19-21,24H,5-13,16-18,35H2,1-4H3/b30-25-/t20-,21-,24-,33-/m0/s1. The van der Waals surface area contributed by atoms with E-state index in [-0.39, 0.29) is 23.8 Å². The summed E-state index contributed by atoms with van der Waals surface area (Å²) in [4.78, 5) is 44.0. The van der Waals surface area contributed by atoms with Gasteiger partial charge in [0, 0.05) is 60.0 Å². The van der Waals surface area contributed by atoms with Gasteiger partial charge in [0.2, 0.25) is 11.8 Å². The van der Waals surface area contributed by atoms with E-state index in [9.17, 15) is 14.9 Å². The Morgan fingerprint density at radius 3 is 2.57 bits per heavy atom. The number of carbonyl (C=O) groups excluding carboxylic acids is 2. The normalized spacial score (nSPS) is 28.6. The summed E-state index contributed by atoms with van der Waals surface area (Å²) in [5.74, 6) is 1.49. The van der Waals surface area contributed by atoms with Crippen molar-refractivity contribution < 1.29 is 14.3 Å². The number of Topliss-reactive ketones (excluding diaryl/α,β-unsaturated/α-hetero) is 1. The second-order valence-corrected chi connectivity index (χ2v) is 14.0. The number of fused-ring (bicyclic) bond motifs is 2. The number of likely N-dealkylation sites (tertiary alicyclic amines) is 1. The molecule has 11 heteroatoms. The van der Waals surface area contributed by atoms with E-state index >= 15 is 0 Å². The molecule has 1 spiro atoms. The average molecular weight is 618 g/mol. The zero-order chi connectivity index (χ0) is 31.2. The fraction of sp³-hybridized carbons (Fsp3) is 0.606. The van der Waals surface area contributed by atoms with E-state index in [1.807, 2.05) is 30.2 Å². The lowest BCUT2D eigenvalue weighted by molar-refractivity contribution is -0.133. The van der Waals surface area contributed by atoms with E-state index in [2.05, 4.69) is 22.9 Å². The minimum Gasteiger partial charge on any atom is -0.476 e. The number of thiophene rings is 1. The molecule has 44 heavy (non-hydrogen) atoms. The van der Waals surface area contributed by atoms with Crippen LogP contribution in [0.4, 0.5) is 5.82 Å². The van der Waals surface area contributed by atoms with Crippen LogP contribution in [0.3, 0.4) is 0 Å². The Kier molecular flexibility index (Phi) is 8.42. The first-order chi connectivity index (χ1) is 21.1. The zero-order valence-electron chi connectivity index (χ0n) is 26.3. The van der Waals surface area contributed by atoms with Crippen molar-refractivity contribution in [1.82, 2.24) is 19.8 Å². The van der Waals surface area contributed by atoms with Crippen LogP contribution in [0.25, 0.3) is 5.70 Å².